The predicted molar refractivity (Wildman–Crippen MR) is 103 cm³/mol. The van der Waals surface area contributed by atoms with Gasteiger partial charge in [-0.05, 0) is 19.8 Å². The molecule has 150 valence electrons. The molecule has 2 aromatic rings. The van der Waals surface area contributed by atoms with E-state index < -0.39 is 16.6 Å². The number of amides is 1. The lowest BCUT2D eigenvalue weighted by atomic mass is 9.74. The lowest BCUT2D eigenvalue weighted by Gasteiger charge is -2.35. The summed E-state index contributed by atoms with van der Waals surface area (Å²) < 4.78 is 13.3. The van der Waals surface area contributed by atoms with Gasteiger partial charge in [-0.1, -0.05) is 11.8 Å². The molecule has 0 atom stereocenters. The van der Waals surface area contributed by atoms with Crippen LogP contribution in [0.15, 0.2) is 26.6 Å². The zero-order valence-electron chi connectivity index (χ0n) is 15.7. The Morgan fingerprint density at radius 3 is 2.96 bits per heavy atom. The van der Waals surface area contributed by atoms with E-state index in [2.05, 4.69) is 14.9 Å². The number of carbonyl (C=O) groups is 1. The highest BCUT2D eigenvalue weighted by Crippen LogP contribution is 2.41. The Morgan fingerprint density at radius 1 is 1.43 bits per heavy atom. The number of imidazole rings is 1. The van der Waals surface area contributed by atoms with Crippen molar-refractivity contribution in [3.05, 3.63) is 39.7 Å². The van der Waals surface area contributed by atoms with Gasteiger partial charge in [-0.2, -0.15) is 0 Å². The Balaban J connectivity index is 1.51. The summed E-state index contributed by atoms with van der Waals surface area (Å²) in [7, 11) is 0. The first-order valence-corrected chi connectivity index (χ1v) is 10.3. The third kappa shape index (κ3) is 3.68. The van der Waals surface area contributed by atoms with Crippen molar-refractivity contribution in [1.29, 1.82) is 0 Å². The molecule has 1 saturated heterocycles. The molecule has 28 heavy (non-hydrogen) atoms. The van der Waals surface area contributed by atoms with Crippen molar-refractivity contribution in [1.82, 2.24) is 14.9 Å². The van der Waals surface area contributed by atoms with Gasteiger partial charge in [-0.25, -0.2) is 4.98 Å². The quantitative estimate of drug-likeness (QED) is 0.780. The fraction of sp³-hybridized carbons (Fsp3) is 0.526. The van der Waals surface area contributed by atoms with Gasteiger partial charge in [0.2, 0.25) is 17.1 Å². The fourth-order valence-corrected chi connectivity index (χ4v) is 4.78. The average molecular weight is 405 g/mol. The highest BCUT2D eigenvalue weighted by Gasteiger charge is 2.42. The second-order valence-corrected chi connectivity index (χ2v) is 8.36. The van der Waals surface area contributed by atoms with E-state index in [9.17, 15) is 14.7 Å². The van der Waals surface area contributed by atoms with E-state index in [-0.39, 0.29) is 18.1 Å². The van der Waals surface area contributed by atoms with E-state index in [0.29, 0.717) is 38.4 Å². The summed E-state index contributed by atoms with van der Waals surface area (Å²) >= 11 is 1.71. The second kappa shape index (κ2) is 7.63. The van der Waals surface area contributed by atoms with E-state index in [1.807, 2.05) is 6.20 Å². The number of hydrogen-bond donors (Lipinski definition) is 2. The van der Waals surface area contributed by atoms with Gasteiger partial charge in [-0.3, -0.25) is 9.59 Å². The molecule has 2 aliphatic rings. The van der Waals surface area contributed by atoms with Crippen LogP contribution in [-0.4, -0.2) is 39.5 Å². The Kier molecular flexibility index (Phi) is 5.20. The lowest BCUT2D eigenvalue weighted by Crippen LogP contribution is -2.40. The molecular formula is C19H23N3O5S. The number of aryl methyl sites for hydroxylation is 2. The van der Waals surface area contributed by atoms with Crippen molar-refractivity contribution in [3.8, 4) is 5.75 Å². The van der Waals surface area contributed by atoms with Gasteiger partial charge in [0.1, 0.15) is 5.76 Å². The van der Waals surface area contributed by atoms with Crippen molar-refractivity contribution in [2.24, 2.45) is 0 Å². The van der Waals surface area contributed by atoms with Crippen molar-refractivity contribution in [3.63, 3.8) is 0 Å². The molecular weight excluding hydrogens is 382 g/mol. The zero-order valence-corrected chi connectivity index (χ0v) is 16.5. The first-order valence-electron chi connectivity index (χ1n) is 9.34. The van der Waals surface area contributed by atoms with E-state index in [4.69, 9.17) is 9.15 Å². The highest BCUT2D eigenvalue weighted by atomic mass is 32.2. The maximum absolute atomic E-state index is 12.7. The number of hydrogen-bond acceptors (Lipinski definition) is 7. The summed E-state index contributed by atoms with van der Waals surface area (Å²) in [6.45, 7) is 3.82. The minimum atomic E-state index is -0.761. The first kappa shape index (κ1) is 19.1. The fourth-order valence-electron chi connectivity index (χ4n) is 3.82. The number of aromatic nitrogens is 2. The number of rotatable bonds is 5. The summed E-state index contributed by atoms with van der Waals surface area (Å²) in [5.74, 6) is 1.04. The molecule has 0 saturated carbocycles. The van der Waals surface area contributed by atoms with Crippen LogP contribution in [0.5, 0.6) is 5.75 Å². The molecule has 0 bridgehead atoms. The number of aromatic hydroxyl groups is 1. The van der Waals surface area contributed by atoms with Gasteiger partial charge in [-0.15, -0.1) is 0 Å². The van der Waals surface area contributed by atoms with Crippen LogP contribution in [0.4, 0.5) is 0 Å². The maximum atomic E-state index is 12.7. The van der Waals surface area contributed by atoms with Crippen LogP contribution < -0.4 is 10.7 Å². The molecule has 4 heterocycles. The smallest absolute Gasteiger partial charge is 0.227 e. The maximum Gasteiger partial charge on any atom is 0.227 e. The molecule has 1 amide bonds. The molecule has 4 rings (SSSR count). The third-order valence-electron chi connectivity index (χ3n) is 5.30. The van der Waals surface area contributed by atoms with Gasteiger partial charge in [0, 0.05) is 49.6 Å². The number of nitrogens with zero attached hydrogens (tertiary/aromatic N) is 2. The normalized spacial score (nSPS) is 18.0. The van der Waals surface area contributed by atoms with E-state index in [0.717, 1.165) is 23.1 Å². The first-order chi connectivity index (χ1) is 13.5. The molecule has 0 aromatic carbocycles. The average Bonchev–Trinajstić information content (AvgIpc) is 3.25. The van der Waals surface area contributed by atoms with Crippen LogP contribution in [0.1, 0.15) is 36.5 Å². The zero-order chi connectivity index (χ0) is 19.7. The van der Waals surface area contributed by atoms with Crippen LogP contribution in [-0.2, 0) is 28.0 Å². The second-order valence-electron chi connectivity index (χ2n) is 7.30. The van der Waals surface area contributed by atoms with E-state index in [1.165, 1.54) is 6.07 Å². The molecule has 2 N–H and O–H groups in total. The number of nitrogens with one attached hydrogen (secondary N) is 1. The summed E-state index contributed by atoms with van der Waals surface area (Å²) in [6, 6.07) is 1.25. The number of ether oxygens (including phenoxy) is 1. The Labute approximate surface area is 166 Å². The third-order valence-corrected chi connectivity index (χ3v) is 6.27. The minimum absolute atomic E-state index is 0.110. The van der Waals surface area contributed by atoms with Crippen LogP contribution in [0.2, 0.25) is 0 Å². The molecule has 9 heteroatoms. The molecule has 0 spiro atoms. The lowest BCUT2D eigenvalue weighted by molar-refractivity contribution is -0.123. The predicted octanol–water partition coefficient (Wildman–Crippen LogP) is 1.71. The van der Waals surface area contributed by atoms with Crippen LogP contribution in [0.25, 0.3) is 0 Å². The molecule has 8 nitrogen and oxygen atoms in total. The monoisotopic (exact) mass is 405 g/mol. The SMILES string of the molecule is Cc1cc(=O)c(O)c(C2(CC(=O)NCc3cn4c(n3)SCC4)CCOCC2)o1. The van der Waals surface area contributed by atoms with Crippen molar-refractivity contribution in [2.45, 2.75) is 49.8 Å². The van der Waals surface area contributed by atoms with Gasteiger partial charge < -0.3 is 24.1 Å². The molecule has 0 aliphatic carbocycles. The summed E-state index contributed by atoms with van der Waals surface area (Å²) in [5.41, 5.74) is -0.430. The summed E-state index contributed by atoms with van der Waals surface area (Å²) in [6.07, 6.45) is 3.06. The molecule has 2 aromatic heterocycles. The van der Waals surface area contributed by atoms with Crippen LogP contribution in [0, 0.1) is 6.92 Å². The standard InChI is InChI=1S/C19H23N3O5S/c1-12-8-14(23)16(25)17(27-12)19(2-5-26-6-3-19)9-15(24)20-10-13-11-22-4-7-28-18(22)21-13/h8,11,25H,2-7,9-10H2,1H3,(H,20,24). The molecule has 0 radical (unpaired) electrons. The molecule has 1 fully saturated rings. The molecule has 0 unspecified atom stereocenters. The van der Waals surface area contributed by atoms with E-state index >= 15 is 0 Å². The Hall–Kier alpha value is -2.26. The number of fused-ring (bicyclic) bond motifs is 1. The topological polar surface area (TPSA) is 107 Å². The summed E-state index contributed by atoms with van der Waals surface area (Å²) in [4.78, 5) is 29.3. The minimum Gasteiger partial charge on any atom is -0.502 e. The van der Waals surface area contributed by atoms with Crippen LogP contribution >= 0.6 is 11.8 Å². The van der Waals surface area contributed by atoms with Gasteiger partial charge >= 0.3 is 0 Å². The van der Waals surface area contributed by atoms with Crippen molar-refractivity contribution < 1.29 is 19.1 Å². The van der Waals surface area contributed by atoms with Gasteiger partial charge in [0.25, 0.3) is 0 Å². The molecule has 2 aliphatic heterocycles. The van der Waals surface area contributed by atoms with E-state index in [1.54, 1.807) is 18.7 Å². The van der Waals surface area contributed by atoms with Crippen LogP contribution in [0.3, 0.4) is 0 Å². The Morgan fingerprint density at radius 2 is 2.21 bits per heavy atom. The van der Waals surface area contributed by atoms with Crippen molar-refractivity contribution >= 4 is 17.7 Å². The number of carbonyl (C=O) groups excluding carboxylic acids is 1. The largest absolute Gasteiger partial charge is 0.502 e. The highest BCUT2D eigenvalue weighted by molar-refractivity contribution is 7.99. The Bertz CT molecular complexity index is 924. The van der Waals surface area contributed by atoms with Gasteiger partial charge in [0.15, 0.2) is 10.9 Å². The van der Waals surface area contributed by atoms with Crippen molar-refractivity contribution in [2.75, 3.05) is 19.0 Å². The summed E-state index contributed by atoms with van der Waals surface area (Å²) in [5, 5.41) is 14.2. The van der Waals surface area contributed by atoms with Gasteiger partial charge in [0.05, 0.1) is 12.2 Å². The number of thioether (sulfide) groups is 1.